The van der Waals surface area contributed by atoms with Gasteiger partial charge in [0.25, 0.3) is 15.7 Å². The Labute approximate surface area is 188 Å². The van der Waals surface area contributed by atoms with Crippen molar-refractivity contribution in [2.75, 3.05) is 11.6 Å². The maximum absolute atomic E-state index is 13.0. The number of benzene rings is 2. The summed E-state index contributed by atoms with van der Waals surface area (Å²) in [6, 6.07) is 5.48. The third kappa shape index (κ3) is 4.71. The van der Waals surface area contributed by atoms with Gasteiger partial charge >= 0.3 is 5.51 Å². The van der Waals surface area contributed by atoms with Crippen molar-refractivity contribution in [3.05, 3.63) is 46.5 Å². The van der Waals surface area contributed by atoms with Gasteiger partial charge < -0.3 is 10.4 Å². The second kappa shape index (κ2) is 8.67. The van der Waals surface area contributed by atoms with Crippen molar-refractivity contribution in [1.82, 2.24) is 0 Å². The average molecular weight is 487 g/mol. The predicted octanol–water partition coefficient (Wildman–Crippen LogP) is 5.14. The summed E-state index contributed by atoms with van der Waals surface area (Å²) in [7, 11) is -5.66. The van der Waals surface area contributed by atoms with Gasteiger partial charge in [-0.25, -0.2) is 8.42 Å². The van der Waals surface area contributed by atoms with Crippen molar-refractivity contribution in [2.24, 2.45) is 0 Å². The second-order valence-corrected chi connectivity index (χ2v) is 10.7. The first-order valence-electron chi connectivity index (χ1n) is 9.14. The Morgan fingerprint density at radius 3 is 2.25 bits per heavy atom. The van der Waals surface area contributed by atoms with Gasteiger partial charge in [0.15, 0.2) is 0 Å². The minimum atomic E-state index is -5.66. The van der Waals surface area contributed by atoms with Crippen LogP contribution < -0.4 is 5.32 Å². The van der Waals surface area contributed by atoms with Gasteiger partial charge in [-0.3, -0.25) is 4.79 Å². The standard InChI is InChI=1S/C21H21F3N2O4S2/c1-11-16(31-5)9-14(20(2,3)4)18(27)17(11)19(28)26-15-7-6-13(8-12(15)10-25)32(29,30)21(22,23)24/h6-9,27H,1-5H3,(H,26,28). The number of nitriles is 1. The summed E-state index contributed by atoms with van der Waals surface area (Å²) in [4.78, 5) is 12.7. The summed E-state index contributed by atoms with van der Waals surface area (Å²) in [5, 5.41) is 22.5. The van der Waals surface area contributed by atoms with Crippen LogP contribution in [0.3, 0.4) is 0 Å². The highest BCUT2D eigenvalue weighted by atomic mass is 32.2. The number of anilines is 1. The predicted molar refractivity (Wildman–Crippen MR) is 116 cm³/mol. The lowest BCUT2D eigenvalue weighted by molar-refractivity contribution is -0.0436. The van der Waals surface area contributed by atoms with Crippen LogP contribution in [0.4, 0.5) is 18.9 Å². The molecule has 2 rings (SSSR count). The summed E-state index contributed by atoms with van der Waals surface area (Å²) in [6.45, 7) is 7.21. The number of phenolic OH excluding ortho intramolecular Hbond substituents is 1. The van der Waals surface area contributed by atoms with Gasteiger partial charge in [-0.15, -0.1) is 11.8 Å². The van der Waals surface area contributed by atoms with Crippen LogP contribution in [0.25, 0.3) is 0 Å². The SMILES string of the molecule is CSc1cc(C(C)(C)C)c(O)c(C(=O)Nc2ccc(S(=O)(=O)C(F)(F)F)cc2C#N)c1C. The Bertz CT molecular complexity index is 1230. The van der Waals surface area contributed by atoms with Gasteiger partial charge in [0.1, 0.15) is 11.8 Å². The Hall–Kier alpha value is -2.71. The first-order valence-corrected chi connectivity index (χ1v) is 11.8. The number of hydrogen-bond acceptors (Lipinski definition) is 6. The van der Waals surface area contributed by atoms with Crippen molar-refractivity contribution in [3.63, 3.8) is 0 Å². The third-order valence-electron chi connectivity index (χ3n) is 4.74. The van der Waals surface area contributed by atoms with E-state index < -0.39 is 37.1 Å². The molecule has 0 heterocycles. The first-order chi connectivity index (χ1) is 14.6. The van der Waals surface area contributed by atoms with E-state index >= 15 is 0 Å². The van der Waals surface area contributed by atoms with E-state index in [1.54, 1.807) is 25.3 Å². The topological polar surface area (TPSA) is 107 Å². The average Bonchev–Trinajstić information content (AvgIpc) is 2.66. The molecule has 172 valence electrons. The molecular weight excluding hydrogens is 465 g/mol. The molecule has 1 amide bonds. The number of thioether (sulfide) groups is 1. The van der Waals surface area contributed by atoms with Gasteiger partial charge in [-0.2, -0.15) is 18.4 Å². The minimum absolute atomic E-state index is 0.0438. The van der Waals surface area contributed by atoms with Crippen LogP contribution >= 0.6 is 11.8 Å². The van der Waals surface area contributed by atoms with Crippen molar-refractivity contribution < 1.29 is 31.5 Å². The zero-order chi connectivity index (χ0) is 24.6. The van der Waals surface area contributed by atoms with E-state index in [0.29, 0.717) is 23.3 Å². The molecule has 0 saturated carbocycles. The molecule has 0 unspecified atom stereocenters. The molecule has 0 aliphatic rings. The fourth-order valence-corrected chi connectivity index (χ4v) is 4.45. The molecule has 0 aromatic heterocycles. The number of nitrogens with zero attached hydrogens (tertiary/aromatic N) is 1. The molecule has 2 aromatic rings. The highest BCUT2D eigenvalue weighted by molar-refractivity contribution is 7.98. The molecule has 0 aliphatic heterocycles. The zero-order valence-corrected chi connectivity index (χ0v) is 19.5. The molecule has 6 nitrogen and oxygen atoms in total. The van der Waals surface area contributed by atoms with Crippen LogP contribution in [0.15, 0.2) is 34.1 Å². The molecule has 11 heteroatoms. The molecule has 2 aromatic carbocycles. The Balaban J connectivity index is 2.58. The number of sulfone groups is 1. The maximum atomic E-state index is 13.0. The molecule has 0 saturated heterocycles. The van der Waals surface area contributed by atoms with Gasteiger partial charge in [0.2, 0.25) is 0 Å². The number of hydrogen-bond donors (Lipinski definition) is 2. The van der Waals surface area contributed by atoms with E-state index in [2.05, 4.69) is 5.32 Å². The highest BCUT2D eigenvalue weighted by Crippen LogP contribution is 2.40. The number of carbonyl (C=O) groups excluding carboxylic acids is 1. The van der Waals surface area contributed by atoms with Crippen molar-refractivity contribution in [2.45, 2.75) is 48.4 Å². The van der Waals surface area contributed by atoms with E-state index in [-0.39, 0.29) is 17.0 Å². The summed E-state index contributed by atoms with van der Waals surface area (Å²) in [5.41, 5.74) is -5.74. The van der Waals surface area contributed by atoms with Crippen LogP contribution in [0, 0.1) is 18.3 Å². The Morgan fingerprint density at radius 1 is 1.19 bits per heavy atom. The van der Waals surface area contributed by atoms with Crippen LogP contribution in [0.1, 0.15) is 47.8 Å². The molecule has 0 bridgehead atoms. The molecule has 0 fully saturated rings. The van der Waals surface area contributed by atoms with E-state index in [4.69, 9.17) is 0 Å². The summed E-state index contributed by atoms with van der Waals surface area (Å²) >= 11 is 1.37. The van der Waals surface area contributed by atoms with Gasteiger partial charge in [-0.1, -0.05) is 20.8 Å². The van der Waals surface area contributed by atoms with E-state index in [1.807, 2.05) is 20.8 Å². The number of rotatable bonds is 4. The molecule has 0 aliphatic carbocycles. The highest BCUT2D eigenvalue weighted by Gasteiger charge is 2.47. The number of carbonyl (C=O) groups is 1. The lowest BCUT2D eigenvalue weighted by Crippen LogP contribution is -2.23. The molecule has 0 atom stereocenters. The maximum Gasteiger partial charge on any atom is 0.501 e. The number of amides is 1. The number of alkyl halides is 3. The molecule has 0 radical (unpaired) electrons. The molecule has 32 heavy (non-hydrogen) atoms. The first kappa shape index (κ1) is 25.5. The van der Waals surface area contributed by atoms with Crippen LogP contribution in [-0.2, 0) is 15.3 Å². The van der Waals surface area contributed by atoms with Crippen LogP contribution in [0.2, 0.25) is 0 Å². The normalized spacial score (nSPS) is 12.3. The van der Waals surface area contributed by atoms with E-state index in [1.165, 1.54) is 11.8 Å². The largest absolute Gasteiger partial charge is 0.507 e. The molecule has 2 N–H and O–H groups in total. The van der Waals surface area contributed by atoms with Crippen molar-refractivity contribution in [1.29, 1.82) is 5.26 Å². The quantitative estimate of drug-likeness (QED) is 0.580. The number of aromatic hydroxyl groups is 1. The summed E-state index contributed by atoms with van der Waals surface area (Å²) in [5.74, 6) is -1.04. The second-order valence-electron chi connectivity index (χ2n) is 7.95. The van der Waals surface area contributed by atoms with Crippen molar-refractivity contribution in [3.8, 4) is 11.8 Å². The smallest absolute Gasteiger partial charge is 0.501 e. The number of nitrogens with one attached hydrogen (secondary N) is 1. The van der Waals surface area contributed by atoms with Crippen LogP contribution in [-0.4, -0.2) is 31.2 Å². The fourth-order valence-electron chi connectivity index (χ4n) is 3.02. The van der Waals surface area contributed by atoms with E-state index in [9.17, 15) is 36.8 Å². The lowest BCUT2D eigenvalue weighted by Gasteiger charge is -2.24. The summed E-state index contributed by atoms with van der Waals surface area (Å²) in [6.07, 6.45) is 1.81. The van der Waals surface area contributed by atoms with E-state index in [0.717, 1.165) is 11.0 Å². The lowest BCUT2D eigenvalue weighted by atomic mass is 9.84. The van der Waals surface area contributed by atoms with Gasteiger partial charge in [-0.05, 0) is 48.4 Å². The molecule has 0 spiro atoms. The van der Waals surface area contributed by atoms with Crippen molar-refractivity contribution >= 4 is 33.2 Å². The number of phenols is 1. The van der Waals surface area contributed by atoms with Gasteiger partial charge in [0.05, 0.1) is 21.7 Å². The van der Waals surface area contributed by atoms with Crippen LogP contribution in [0.5, 0.6) is 5.75 Å². The molecular formula is C21H21F3N2O4S2. The van der Waals surface area contributed by atoms with Gasteiger partial charge in [0, 0.05) is 10.5 Å². The Kier molecular flexibility index (Phi) is 6.92. The Morgan fingerprint density at radius 2 is 1.78 bits per heavy atom. The minimum Gasteiger partial charge on any atom is -0.507 e. The fraction of sp³-hybridized carbons (Fsp3) is 0.333. The number of halogens is 3. The third-order valence-corrected chi connectivity index (χ3v) is 7.09. The monoisotopic (exact) mass is 486 g/mol. The summed E-state index contributed by atoms with van der Waals surface area (Å²) < 4.78 is 61.7. The zero-order valence-electron chi connectivity index (χ0n) is 17.9.